The summed E-state index contributed by atoms with van der Waals surface area (Å²) in [6.07, 6.45) is 1.49. The van der Waals surface area contributed by atoms with E-state index in [2.05, 4.69) is 20.3 Å². The molecule has 2 aromatic heterocycles. The third-order valence-electron chi connectivity index (χ3n) is 7.05. The number of para-hydroxylation sites is 1. The molecule has 1 aliphatic carbocycles. The molecule has 4 aromatic rings. The second-order valence-electron chi connectivity index (χ2n) is 10.4. The van der Waals surface area contributed by atoms with Gasteiger partial charge in [-0.3, -0.25) is 9.59 Å². The van der Waals surface area contributed by atoms with Crippen molar-refractivity contribution in [2.45, 2.75) is 31.7 Å². The van der Waals surface area contributed by atoms with Gasteiger partial charge in [0.2, 0.25) is 12.2 Å². The smallest absolute Gasteiger partial charge is 0.317 e. The number of hydrogen-bond acceptors (Lipinski definition) is 9. The zero-order chi connectivity index (χ0) is 28.6. The van der Waals surface area contributed by atoms with Crippen LogP contribution in [0.4, 0.5) is 16.0 Å². The van der Waals surface area contributed by atoms with Gasteiger partial charge in [-0.1, -0.05) is 18.2 Å². The van der Waals surface area contributed by atoms with Crippen molar-refractivity contribution in [1.82, 2.24) is 19.9 Å². The van der Waals surface area contributed by atoms with Crippen LogP contribution in [-0.2, 0) is 23.8 Å². The first-order chi connectivity index (χ1) is 19.7. The summed E-state index contributed by atoms with van der Waals surface area (Å²) >= 11 is 0. The first-order valence-corrected chi connectivity index (χ1v) is 13.0. The molecule has 4 N–H and O–H groups in total. The number of aromatic amines is 1. The number of imidazole rings is 1. The largest absolute Gasteiger partial charge is 0.448 e. The number of halogens is 1. The molecule has 2 aliphatic rings. The molecule has 210 valence electrons. The number of ether oxygens (including phenoxy) is 3. The van der Waals surface area contributed by atoms with Gasteiger partial charge >= 0.3 is 5.97 Å². The zero-order valence-electron chi connectivity index (χ0n) is 22.1. The number of rotatable bonds is 8. The Kier molecular flexibility index (Phi) is 6.72. The maximum Gasteiger partial charge on any atom is 0.317 e. The number of aromatic nitrogens is 4. The minimum atomic E-state index is -1.23. The molecular formula is C29H27FN6O5. The fraction of sp³-hybridized carbons (Fsp3) is 0.276. The number of carbonyl (C=O) groups excluding carboxylic acids is 2. The van der Waals surface area contributed by atoms with Gasteiger partial charge in [0.15, 0.2) is 11.4 Å². The predicted molar refractivity (Wildman–Crippen MR) is 145 cm³/mol. The quantitative estimate of drug-likeness (QED) is 0.272. The Morgan fingerprint density at radius 2 is 1.76 bits per heavy atom. The maximum absolute atomic E-state index is 13.7. The van der Waals surface area contributed by atoms with Gasteiger partial charge in [0.05, 0.1) is 30.3 Å². The number of benzene rings is 2. The fourth-order valence-corrected chi connectivity index (χ4v) is 4.41. The van der Waals surface area contributed by atoms with E-state index in [1.54, 1.807) is 31.3 Å². The van der Waals surface area contributed by atoms with Crippen molar-refractivity contribution in [1.29, 1.82) is 0 Å². The van der Waals surface area contributed by atoms with Gasteiger partial charge in [-0.2, -0.15) is 0 Å². The summed E-state index contributed by atoms with van der Waals surface area (Å²) < 4.78 is 31.0. The molecule has 0 bridgehead atoms. The van der Waals surface area contributed by atoms with Crippen LogP contribution in [0.5, 0.6) is 0 Å². The van der Waals surface area contributed by atoms with Gasteiger partial charge in [0.25, 0.3) is 5.91 Å². The Labute approximate surface area is 234 Å². The van der Waals surface area contributed by atoms with Crippen LogP contribution in [0.15, 0.2) is 66.9 Å². The fourth-order valence-electron chi connectivity index (χ4n) is 4.41. The highest BCUT2D eigenvalue weighted by Crippen LogP contribution is 2.42. The lowest BCUT2D eigenvalue weighted by molar-refractivity contribution is -0.240. The van der Waals surface area contributed by atoms with Gasteiger partial charge in [0.1, 0.15) is 11.2 Å². The van der Waals surface area contributed by atoms with Gasteiger partial charge < -0.3 is 30.2 Å². The summed E-state index contributed by atoms with van der Waals surface area (Å²) in [6.45, 7) is 1.57. The topological polar surface area (TPSA) is 154 Å². The van der Waals surface area contributed by atoms with Gasteiger partial charge in [0, 0.05) is 30.3 Å². The number of carbonyl (C=O) groups is 2. The van der Waals surface area contributed by atoms with Gasteiger partial charge in [-0.15, -0.1) is 0 Å². The molecule has 0 radical (unpaired) electrons. The molecule has 0 unspecified atom stereocenters. The van der Waals surface area contributed by atoms with Crippen LogP contribution in [0.2, 0.25) is 0 Å². The molecule has 12 heteroatoms. The predicted octanol–water partition coefficient (Wildman–Crippen LogP) is 4.03. The number of hydrogen-bond donors (Lipinski definition) is 3. The molecule has 1 aliphatic heterocycles. The highest BCUT2D eigenvalue weighted by molar-refractivity contribution is 5.90. The number of amides is 1. The van der Waals surface area contributed by atoms with Gasteiger partial charge in [-0.25, -0.2) is 19.3 Å². The summed E-state index contributed by atoms with van der Waals surface area (Å²) in [4.78, 5) is 41.5. The van der Waals surface area contributed by atoms with Crippen molar-refractivity contribution in [3.8, 4) is 22.6 Å². The minimum Gasteiger partial charge on any atom is -0.448 e. The molecule has 1 saturated heterocycles. The van der Waals surface area contributed by atoms with Crippen molar-refractivity contribution in [3.05, 3.63) is 78.5 Å². The van der Waals surface area contributed by atoms with Crippen LogP contribution in [0.1, 0.15) is 31.9 Å². The van der Waals surface area contributed by atoms with Crippen molar-refractivity contribution >= 4 is 23.5 Å². The molecule has 3 heterocycles. The summed E-state index contributed by atoms with van der Waals surface area (Å²) in [7, 11) is 0. The molecule has 6 rings (SSSR count). The maximum atomic E-state index is 13.7. The Morgan fingerprint density at radius 3 is 2.41 bits per heavy atom. The van der Waals surface area contributed by atoms with Gasteiger partial charge in [-0.05, 0) is 49.4 Å². The molecule has 0 atom stereocenters. The van der Waals surface area contributed by atoms with E-state index in [1.165, 1.54) is 12.1 Å². The van der Waals surface area contributed by atoms with E-state index < -0.39 is 29.2 Å². The first-order valence-electron chi connectivity index (χ1n) is 13.0. The second kappa shape index (κ2) is 10.4. The van der Waals surface area contributed by atoms with Crippen molar-refractivity contribution < 1.29 is 28.2 Å². The number of H-pyrrole nitrogens is 1. The lowest BCUT2D eigenvalue weighted by Crippen LogP contribution is -2.47. The van der Waals surface area contributed by atoms with E-state index in [0.29, 0.717) is 47.3 Å². The van der Waals surface area contributed by atoms with E-state index >= 15 is 0 Å². The third-order valence-corrected chi connectivity index (χ3v) is 7.05. The van der Waals surface area contributed by atoms with E-state index in [-0.39, 0.29) is 19.0 Å². The number of anilines is 2. The number of nitrogens with zero attached hydrogens (tertiary/aromatic N) is 3. The Morgan fingerprint density at radius 1 is 1.05 bits per heavy atom. The standard InChI is InChI=1S/C29H27FN6O5/c1-28(26(38)41-29(12-13-29)25(31)37)15-39-24(40-16-28)23-35-21(17-7-9-18(30)10-8-17)22(36-23)20-11-14-32-27(34-20)33-19-5-3-2-4-6-19/h2-11,14,24H,12-13,15-16H2,1H3,(H2,31,37)(H,35,36)(H,32,33,34). The summed E-state index contributed by atoms with van der Waals surface area (Å²) in [5, 5.41) is 3.17. The van der Waals surface area contributed by atoms with Crippen LogP contribution < -0.4 is 11.1 Å². The highest BCUT2D eigenvalue weighted by Gasteiger charge is 2.55. The molecule has 2 fully saturated rings. The van der Waals surface area contributed by atoms with Crippen molar-refractivity contribution in [3.63, 3.8) is 0 Å². The summed E-state index contributed by atoms with van der Waals surface area (Å²) in [5.41, 5.74) is 6.06. The molecule has 2 aromatic carbocycles. The van der Waals surface area contributed by atoms with Crippen molar-refractivity contribution in [2.24, 2.45) is 11.1 Å². The number of nitrogens with one attached hydrogen (secondary N) is 2. The average molecular weight is 559 g/mol. The zero-order valence-corrected chi connectivity index (χ0v) is 22.1. The average Bonchev–Trinajstić information content (AvgIpc) is 3.63. The number of esters is 1. The van der Waals surface area contributed by atoms with E-state index in [9.17, 15) is 14.0 Å². The Hall–Kier alpha value is -4.68. The summed E-state index contributed by atoms with van der Waals surface area (Å²) in [6, 6.07) is 17.2. The van der Waals surface area contributed by atoms with E-state index in [4.69, 9.17) is 24.9 Å². The normalized spacial score (nSPS) is 21.2. The first kappa shape index (κ1) is 26.5. The highest BCUT2D eigenvalue weighted by atomic mass is 19.1. The molecule has 1 amide bonds. The van der Waals surface area contributed by atoms with Crippen LogP contribution >= 0.6 is 0 Å². The minimum absolute atomic E-state index is 0.0358. The Balaban J connectivity index is 1.26. The lowest BCUT2D eigenvalue weighted by atomic mass is 9.92. The lowest BCUT2D eigenvalue weighted by Gasteiger charge is -2.35. The van der Waals surface area contributed by atoms with Crippen LogP contribution in [0.3, 0.4) is 0 Å². The monoisotopic (exact) mass is 558 g/mol. The van der Waals surface area contributed by atoms with E-state index in [0.717, 1.165) is 5.69 Å². The molecule has 1 saturated carbocycles. The number of primary amides is 1. The Bertz CT molecular complexity index is 1580. The molecule has 11 nitrogen and oxygen atoms in total. The van der Waals surface area contributed by atoms with Crippen LogP contribution in [0.25, 0.3) is 22.6 Å². The number of nitrogens with two attached hydrogens (primary N) is 1. The van der Waals surface area contributed by atoms with Crippen LogP contribution in [-0.4, -0.2) is 50.6 Å². The third kappa shape index (κ3) is 5.39. The van der Waals surface area contributed by atoms with Crippen molar-refractivity contribution in [2.75, 3.05) is 18.5 Å². The SMILES string of the molecule is CC1(C(=O)OC2(C(N)=O)CC2)COC(c2nc(-c3ccc(F)cc3)c(-c3ccnc(Nc4ccccc4)n3)[nH]2)OC1. The van der Waals surface area contributed by atoms with Crippen LogP contribution in [0, 0.1) is 11.2 Å². The molecule has 41 heavy (non-hydrogen) atoms. The van der Waals surface area contributed by atoms with E-state index in [1.807, 2.05) is 30.3 Å². The molecular weight excluding hydrogens is 531 g/mol. The summed E-state index contributed by atoms with van der Waals surface area (Å²) in [5.74, 6) is -0.940. The molecule has 0 spiro atoms. The second-order valence-corrected chi connectivity index (χ2v) is 10.4.